The number of nitrogens with zero attached hydrogens (tertiary/aromatic N) is 2. The SMILES string of the molecule is Cc1n[nH]c(C)c1CC(=O)N1CCCCC1C1CCC1. The van der Waals surface area contributed by atoms with E-state index in [9.17, 15) is 4.79 Å². The van der Waals surface area contributed by atoms with Gasteiger partial charge in [0.1, 0.15) is 0 Å². The lowest BCUT2D eigenvalue weighted by Gasteiger charge is -2.44. The smallest absolute Gasteiger partial charge is 0.227 e. The van der Waals surface area contributed by atoms with E-state index in [2.05, 4.69) is 15.1 Å². The van der Waals surface area contributed by atoms with Crippen molar-refractivity contribution in [1.82, 2.24) is 15.1 Å². The summed E-state index contributed by atoms with van der Waals surface area (Å²) in [6, 6.07) is 0.512. The van der Waals surface area contributed by atoms with Crippen molar-refractivity contribution >= 4 is 5.91 Å². The van der Waals surface area contributed by atoms with Gasteiger partial charge in [-0.15, -0.1) is 0 Å². The van der Waals surface area contributed by atoms with Gasteiger partial charge in [0, 0.05) is 23.8 Å². The van der Waals surface area contributed by atoms with Crippen molar-refractivity contribution in [2.24, 2.45) is 5.92 Å². The molecule has 4 nitrogen and oxygen atoms in total. The van der Waals surface area contributed by atoms with Gasteiger partial charge in [0.05, 0.1) is 12.1 Å². The van der Waals surface area contributed by atoms with Crippen molar-refractivity contribution in [3.63, 3.8) is 0 Å². The van der Waals surface area contributed by atoms with Crippen LogP contribution in [0.25, 0.3) is 0 Å². The topological polar surface area (TPSA) is 49.0 Å². The predicted octanol–water partition coefficient (Wildman–Crippen LogP) is 2.75. The van der Waals surface area contributed by atoms with E-state index in [1.807, 2.05) is 13.8 Å². The number of nitrogens with one attached hydrogen (secondary N) is 1. The molecule has 20 heavy (non-hydrogen) atoms. The Balaban J connectivity index is 1.71. The minimum absolute atomic E-state index is 0.300. The Morgan fingerprint density at radius 1 is 1.25 bits per heavy atom. The molecule has 110 valence electrons. The number of piperidine rings is 1. The van der Waals surface area contributed by atoms with Gasteiger partial charge in [-0.3, -0.25) is 9.89 Å². The van der Waals surface area contributed by atoms with Crippen molar-refractivity contribution in [3.8, 4) is 0 Å². The second kappa shape index (κ2) is 5.58. The van der Waals surface area contributed by atoms with Crippen LogP contribution in [0.4, 0.5) is 0 Å². The fraction of sp³-hybridized carbons (Fsp3) is 0.750. The van der Waals surface area contributed by atoms with Crippen LogP contribution in [0.15, 0.2) is 0 Å². The largest absolute Gasteiger partial charge is 0.339 e. The summed E-state index contributed by atoms with van der Waals surface area (Å²) in [4.78, 5) is 14.9. The first-order valence-corrected chi connectivity index (χ1v) is 7.96. The van der Waals surface area contributed by atoms with Crippen LogP contribution in [-0.2, 0) is 11.2 Å². The van der Waals surface area contributed by atoms with Crippen molar-refractivity contribution in [3.05, 3.63) is 17.0 Å². The maximum atomic E-state index is 12.7. The molecule has 4 heteroatoms. The molecule has 1 N–H and O–H groups in total. The predicted molar refractivity (Wildman–Crippen MR) is 78.5 cm³/mol. The summed E-state index contributed by atoms with van der Waals surface area (Å²) in [6.45, 7) is 4.93. The lowest BCUT2D eigenvalue weighted by molar-refractivity contribution is -0.136. The summed E-state index contributed by atoms with van der Waals surface area (Å²) in [5.41, 5.74) is 3.09. The van der Waals surface area contributed by atoms with Crippen molar-refractivity contribution in [2.45, 2.75) is 64.8 Å². The Bertz CT molecular complexity index is 470. The molecule has 0 spiro atoms. The zero-order valence-corrected chi connectivity index (χ0v) is 12.6. The summed E-state index contributed by atoms with van der Waals surface area (Å²) in [5, 5.41) is 7.18. The van der Waals surface area contributed by atoms with Crippen molar-refractivity contribution in [2.75, 3.05) is 6.54 Å². The van der Waals surface area contributed by atoms with Gasteiger partial charge in [-0.25, -0.2) is 0 Å². The standard InChI is InChI=1S/C16H25N3O/c1-11-14(12(2)18-17-11)10-16(20)19-9-4-3-8-15(19)13-6-5-7-13/h13,15H,3-10H2,1-2H3,(H,17,18). The van der Waals surface area contributed by atoms with Crippen LogP contribution < -0.4 is 0 Å². The molecule has 1 unspecified atom stereocenters. The van der Waals surface area contributed by atoms with Gasteiger partial charge < -0.3 is 4.90 Å². The van der Waals surface area contributed by atoms with Crippen LogP contribution in [0.1, 0.15) is 55.5 Å². The van der Waals surface area contributed by atoms with E-state index < -0.39 is 0 Å². The van der Waals surface area contributed by atoms with Crippen LogP contribution in [-0.4, -0.2) is 33.6 Å². The number of aromatic amines is 1. The Kier molecular flexibility index (Phi) is 3.81. The second-order valence-corrected chi connectivity index (χ2v) is 6.43. The van der Waals surface area contributed by atoms with Crippen LogP contribution in [0, 0.1) is 19.8 Å². The van der Waals surface area contributed by atoms with Gasteiger partial charge >= 0.3 is 0 Å². The van der Waals surface area contributed by atoms with Crippen LogP contribution in [0.3, 0.4) is 0 Å². The third kappa shape index (κ3) is 2.48. The Hall–Kier alpha value is -1.32. The molecule has 2 fully saturated rings. The fourth-order valence-electron chi connectivity index (χ4n) is 3.67. The van der Waals surface area contributed by atoms with Crippen LogP contribution >= 0.6 is 0 Å². The van der Waals surface area contributed by atoms with E-state index in [0.29, 0.717) is 18.4 Å². The van der Waals surface area contributed by atoms with E-state index >= 15 is 0 Å². The number of hydrogen-bond acceptors (Lipinski definition) is 2. The number of amides is 1. The van der Waals surface area contributed by atoms with Crippen molar-refractivity contribution < 1.29 is 4.79 Å². The molecule has 1 aromatic heterocycles. The quantitative estimate of drug-likeness (QED) is 0.922. The molecule has 1 saturated heterocycles. The van der Waals surface area contributed by atoms with E-state index in [0.717, 1.165) is 35.8 Å². The minimum Gasteiger partial charge on any atom is -0.339 e. The third-order valence-electron chi connectivity index (χ3n) is 5.17. The molecule has 1 aliphatic heterocycles. The van der Waals surface area contributed by atoms with Crippen molar-refractivity contribution in [1.29, 1.82) is 0 Å². The summed E-state index contributed by atoms with van der Waals surface area (Å²) in [7, 11) is 0. The number of rotatable bonds is 3. The number of likely N-dealkylation sites (tertiary alicyclic amines) is 1. The number of carbonyl (C=O) groups is 1. The molecule has 0 aromatic carbocycles. The monoisotopic (exact) mass is 275 g/mol. The maximum absolute atomic E-state index is 12.7. The Labute approximate surface area is 120 Å². The molecule has 0 bridgehead atoms. The lowest BCUT2D eigenvalue weighted by Crippen LogP contribution is -2.49. The second-order valence-electron chi connectivity index (χ2n) is 6.43. The molecule has 2 heterocycles. The minimum atomic E-state index is 0.300. The number of aryl methyl sites for hydroxylation is 2. The number of aromatic nitrogens is 2. The molecule has 1 aliphatic carbocycles. The molecule has 0 radical (unpaired) electrons. The molecule has 2 aliphatic rings. The number of hydrogen-bond donors (Lipinski definition) is 1. The normalized spacial score (nSPS) is 23.7. The summed E-state index contributed by atoms with van der Waals surface area (Å²) in [5.74, 6) is 1.07. The number of carbonyl (C=O) groups excluding carboxylic acids is 1. The van der Waals surface area contributed by atoms with E-state index in [-0.39, 0.29) is 0 Å². The summed E-state index contributed by atoms with van der Waals surface area (Å²) >= 11 is 0. The first kappa shape index (κ1) is 13.7. The van der Waals surface area contributed by atoms with E-state index in [1.165, 1.54) is 32.1 Å². The fourth-order valence-corrected chi connectivity index (χ4v) is 3.67. The van der Waals surface area contributed by atoms with Gasteiger partial charge in [0.2, 0.25) is 5.91 Å². The van der Waals surface area contributed by atoms with Gasteiger partial charge in [-0.05, 0) is 51.9 Å². The third-order valence-corrected chi connectivity index (χ3v) is 5.17. The Morgan fingerprint density at radius 2 is 2.05 bits per heavy atom. The van der Waals surface area contributed by atoms with Crippen LogP contribution in [0.5, 0.6) is 0 Å². The maximum Gasteiger partial charge on any atom is 0.227 e. The highest BCUT2D eigenvalue weighted by Gasteiger charge is 2.35. The highest BCUT2D eigenvalue weighted by atomic mass is 16.2. The first-order chi connectivity index (χ1) is 9.66. The van der Waals surface area contributed by atoms with Gasteiger partial charge in [-0.2, -0.15) is 5.10 Å². The average molecular weight is 275 g/mol. The molecule has 3 rings (SSSR count). The van der Waals surface area contributed by atoms with Crippen LogP contribution in [0.2, 0.25) is 0 Å². The molecule has 1 atom stereocenters. The lowest BCUT2D eigenvalue weighted by atomic mass is 9.76. The molecular formula is C16H25N3O. The molecular weight excluding hydrogens is 250 g/mol. The van der Waals surface area contributed by atoms with E-state index in [1.54, 1.807) is 0 Å². The highest BCUT2D eigenvalue weighted by Crippen LogP contribution is 2.36. The highest BCUT2D eigenvalue weighted by molar-refractivity contribution is 5.79. The van der Waals surface area contributed by atoms with Gasteiger partial charge in [-0.1, -0.05) is 6.42 Å². The van der Waals surface area contributed by atoms with E-state index in [4.69, 9.17) is 0 Å². The summed E-state index contributed by atoms with van der Waals surface area (Å²) < 4.78 is 0. The zero-order chi connectivity index (χ0) is 14.1. The molecule has 1 aromatic rings. The first-order valence-electron chi connectivity index (χ1n) is 7.96. The average Bonchev–Trinajstić information content (AvgIpc) is 2.69. The summed E-state index contributed by atoms with van der Waals surface area (Å²) in [6.07, 6.45) is 8.16. The number of H-pyrrole nitrogens is 1. The molecule has 1 amide bonds. The molecule has 1 saturated carbocycles. The Morgan fingerprint density at radius 3 is 2.65 bits per heavy atom. The van der Waals surface area contributed by atoms with Gasteiger partial charge in [0.15, 0.2) is 0 Å². The van der Waals surface area contributed by atoms with Gasteiger partial charge in [0.25, 0.3) is 0 Å². The zero-order valence-electron chi connectivity index (χ0n) is 12.6.